The molecule has 4 nitrogen and oxygen atoms in total. The van der Waals surface area contributed by atoms with Gasteiger partial charge in [-0.25, -0.2) is 0 Å². The van der Waals surface area contributed by atoms with E-state index in [1.165, 1.54) is 56.9 Å². The van der Waals surface area contributed by atoms with Crippen LogP contribution in [-0.2, 0) is 11.2 Å². The van der Waals surface area contributed by atoms with Gasteiger partial charge in [0.1, 0.15) is 0 Å². The van der Waals surface area contributed by atoms with Crippen LogP contribution in [0, 0.1) is 11.8 Å². The molecule has 1 aliphatic heterocycles. The van der Waals surface area contributed by atoms with Crippen molar-refractivity contribution in [2.45, 2.75) is 111 Å². The fraction of sp³-hybridized carbons (Fsp3) is 0.625. The Kier molecular flexibility index (Phi) is 11.3. The molecule has 3 atom stereocenters. The summed E-state index contributed by atoms with van der Waals surface area (Å²) in [7, 11) is 0. The lowest BCUT2D eigenvalue weighted by atomic mass is 9.78. The number of piperidine rings is 1. The summed E-state index contributed by atoms with van der Waals surface area (Å²) in [4.78, 5) is 28.6. The quantitative estimate of drug-likeness (QED) is 0.251. The number of hydrogen-bond donors (Lipinski definition) is 1. The molecule has 1 saturated carbocycles. The van der Waals surface area contributed by atoms with Crippen molar-refractivity contribution < 1.29 is 9.59 Å². The van der Waals surface area contributed by atoms with Crippen LogP contribution in [0.15, 0.2) is 42.0 Å². The number of nitrogens with zero attached hydrogens (tertiary/aromatic N) is 1. The number of benzene rings is 1. The third-order valence-corrected chi connectivity index (χ3v) is 8.19. The summed E-state index contributed by atoms with van der Waals surface area (Å²) in [6.45, 7) is 9.19. The highest BCUT2D eigenvalue weighted by atomic mass is 16.2. The normalized spacial score (nSPS) is 21.3. The van der Waals surface area contributed by atoms with E-state index < -0.39 is 0 Å². The summed E-state index contributed by atoms with van der Waals surface area (Å²) in [6, 6.07) is 6.23. The van der Waals surface area contributed by atoms with Crippen LogP contribution in [0.5, 0.6) is 0 Å². The highest BCUT2D eigenvalue weighted by molar-refractivity contribution is 5.98. The summed E-state index contributed by atoms with van der Waals surface area (Å²) >= 11 is 0. The molecule has 3 unspecified atom stereocenters. The maximum absolute atomic E-state index is 13.6. The van der Waals surface area contributed by atoms with Gasteiger partial charge < -0.3 is 10.2 Å². The van der Waals surface area contributed by atoms with Crippen LogP contribution in [0.4, 0.5) is 5.69 Å². The zero-order chi connectivity index (χ0) is 25.9. The molecule has 0 spiro atoms. The number of unbranched alkanes of at least 4 members (excludes halogenated alkanes) is 3. The monoisotopic (exact) mass is 492 g/mol. The molecule has 1 aliphatic carbocycles. The Labute approximate surface area is 219 Å². The Morgan fingerprint density at radius 3 is 2.61 bits per heavy atom. The van der Waals surface area contributed by atoms with Crippen molar-refractivity contribution in [2.24, 2.45) is 11.8 Å². The maximum Gasteiger partial charge on any atom is 0.254 e. The molecule has 3 rings (SSSR count). The van der Waals surface area contributed by atoms with Crippen LogP contribution in [0.1, 0.15) is 114 Å². The van der Waals surface area contributed by atoms with Gasteiger partial charge in [0.2, 0.25) is 5.91 Å². The number of fused-ring (bicyclic) bond motifs is 1. The van der Waals surface area contributed by atoms with Crippen molar-refractivity contribution in [1.82, 2.24) is 4.90 Å². The van der Waals surface area contributed by atoms with E-state index in [4.69, 9.17) is 0 Å². The van der Waals surface area contributed by atoms with Gasteiger partial charge in [0, 0.05) is 23.8 Å². The van der Waals surface area contributed by atoms with Crippen molar-refractivity contribution in [1.29, 1.82) is 0 Å². The lowest BCUT2D eigenvalue weighted by molar-refractivity contribution is -0.118. The van der Waals surface area contributed by atoms with Gasteiger partial charge in [-0.05, 0) is 81.5 Å². The fourth-order valence-electron chi connectivity index (χ4n) is 5.90. The number of aryl methyl sites for hydroxylation is 1. The Morgan fingerprint density at radius 2 is 1.86 bits per heavy atom. The molecule has 0 bridgehead atoms. The largest absolute Gasteiger partial charge is 0.335 e. The van der Waals surface area contributed by atoms with E-state index in [1.54, 1.807) is 0 Å². The zero-order valence-corrected chi connectivity index (χ0v) is 23.2. The second kappa shape index (κ2) is 14.4. The molecule has 1 aromatic carbocycles. The van der Waals surface area contributed by atoms with Gasteiger partial charge in [-0.3, -0.25) is 9.59 Å². The number of allylic oxidation sites excluding steroid dienone is 3. The first-order valence-electron chi connectivity index (χ1n) is 14.6. The first-order chi connectivity index (χ1) is 17.5. The number of likely N-dealkylation sites (tertiary alicyclic amines) is 1. The Hall–Kier alpha value is -2.36. The number of nitrogens with one attached hydrogen (secondary N) is 1. The summed E-state index contributed by atoms with van der Waals surface area (Å²) in [6.07, 6.45) is 20.4. The molecule has 36 heavy (non-hydrogen) atoms. The van der Waals surface area contributed by atoms with E-state index >= 15 is 0 Å². The number of carbonyl (C=O) groups is 2. The van der Waals surface area contributed by atoms with Crippen LogP contribution in [-0.4, -0.2) is 29.3 Å². The predicted molar refractivity (Wildman–Crippen MR) is 151 cm³/mol. The molecule has 1 aromatic rings. The molecule has 2 amide bonds. The van der Waals surface area contributed by atoms with E-state index in [0.717, 1.165) is 49.0 Å². The average molecular weight is 493 g/mol. The first-order valence-corrected chi connectivity index (χ1v) is 14.6. The van der Waals surface area contributed by atoms with Gasteiger partial charge in [0.25, 0.3) is 5.91 Å². The average Bonchev–Trinajstić information content (AvgIpc) is 2.91. The molecular formula is C32H48N2O2. The van der Waals surface area contributed by atoms with E-state index in [0.29, 0.717) is 12.0 Å². The van der Waals surface area contributed by atoms with Crippen LogP contribution in [0.2, 0.25) is 0 Å². The number of hydrogen-bond acceptors (Lipinski definition) is 2. The molecule has 0 radical (unpaired) electrons. The van der Waals surface area contributed by atoms with Crippen molar-refractivity contribution in [3.8, 4) is 0 Å². The van der Waals surface area contributed by atoms with Crippen LogP contribution in [0.25, 0.3) is 0 Å². The van der Waals surface area contributed by atoms with Gasteiger partial charge in [-0.1, -0.05) is 76.7 Å². The lowest BCUT2D eigenvalue weighted by Crippen LogP contribution is -2.49. The minimum atomic E-state index is -0.224. The van der Waals surface area contributed by atoms with Crippen molar-refractivity contribution in [3.05, 3.63) is 53.1 Å². The Bertz CT molecular complexity index is 930. The summed E-state index contributed by atoms with van der Waals surface area (Å²) < 4.78 is 0. The van der Waals surface area contributed by atoms with E-state index in [9.17, 15) is 9.59 Å². The third-order valence-electron chi connectivity index (χ3n) is 8.19. The van der Waals surface area contributed by atoms with E-state index in [1.807, 2.05) is 31.2 Å². The standard InChI is InChI=1S/C32H48N2O2/c1-5-8-9-10-14-25(6-2)19-18-24(4)31(35)33-28-20-21-29(26(7-3)23-28)32(36)34-22-13-16-27-15-11-12-17-30(27)34/h6,18-21,23-24,27,30H,5,7-17,22H2,1-4H3,(H,33,35)/b19-18-,25-6-. The molecule has 1 saturated heterocycles. The van der Waals surface area contributed by atoms with Crippen molar-refractivity contribution in [3.63, 3.8) is 0 Å². The smallest absolute Gasteiger partial charge is 0.254 e. The Morgan fingerprint density at radius 1 is 1.08 bits per heavy atom. The van der Waals surface area contributed by atoms with Crippen LogP contribution < -0.4 is 5.32 Å². The second-order valence-corrected chi connectivity index (χ2v) is 10.8. The lowest BCUT2D eigenvalue weighted by Gasteiger charge is -2.44. The SMILES string of the molecule is C/C=C(\C=C/C(C)C(=O)Nc1ccc(C(=O)N2CCCC3CCCCC32)c(CC)c1)CCCCCC. The molecular weight excluding hydrogens is 444 g/mol. The number of anilines is 1. The maximum atomic E-state index is 13.6. The minimum absolute atomic E-state index is 0.0186. The third kappa shape index (κ3) is 7.57. The molecule has 4 heteroatoms. The molecule has 198 valence electrons. The molecule has 1 heterocycles. The predicted octanol–water partition coefficient (Wildman–Crippen LogP) is 8.09. The molecule has 1 N–H and O–H groups in total. The van der Waals surface area contributed by atoms with Crippen molar-refractivity contribution in [2.75, 3.05) is 11.9 Å². The zero-order valence-electron chi connectivity index (χ0n) is 23.2. The second-order valence-electron chi connectivity index (χ2n) is 10.8. The van der Waals surface area contributed by atoms with Crippen LogP contribution >= 0.6 is 0 Å². The van der Waals surface area contributed by atoms with Gasteiger partial charge >= 0.3 is 0 Å². The molecule has 2 fully saturated rings. The van der Waals surface area contributed by atoms with Gasteiger partial charge in [-0.2, -0.15) is 0 Å². The fourth-order valence-corrected chi connectivity index (χ4v) is 5.90. The van der Waals surface area contributed by atoms with Crippen LogP contribution in [0.3, 0.4) is 0 Å². The number of rotatable bonds is 11. The van der Waals surface area contributed by atoms with Gasteiger partial charge in [0.05, 0.1) is 5.92 Å². The topological polar surface area (TPSA) is 49.4 Å². The van der Waals surface area contributed by atoms with E-state index in [-0.39, 0.29) is 17.7 Å². The minimum Gasteiger partial charge on any atom is -0.335 e. The summed E-state index contributed by atoms with van der Waals surface area (Å²) in [5.41, 5.74) is 3.88. The number of amides is 2. The Balaban J connectivity index is 1.62. The van der Waals surface area contributed by atoms with Gasteiger partial charge in [0.15, 0.2) is 0 Å². The highest BCUT2D eigenvalue weighted by Crippen LogP contribution is 2.36. The van der Waals surface area contributed by atoms with Crippen molar-refractivity contribution >= 4 is 17.5 Å². The molecule has 0 aromatic heterocycles. The highest BCUT2D eigenvalue weighted by Gasteiger charge is 2.36. The summed E-state index contributed by atoms with van der Waals surface area (Å²) in [5, 5.41) is 3.07. The van der Waals surface area contributed by atoms with Gasteiger partial charge in [-0.15, -0.1) is 0 Å². The number of carbonyl (C=O) groups excluding carboxylic acids is 2. The first kappa shape index (κ1) is 28.2. The van der Waals surface area contributed by atoms with E-state index in [2.05, 4.69) is 43.1 Å². The molecule has 2 aliphatic rings. The summed E-state index contributed by atoms with van der Waals surface area (Å²) in [5.74, 6) is 0.609.